The van der Waals surface area contributed by atoms with Gasteiger partial charge in [0.2, 0.25) is 0 Å². The van der Waals surface area contributed by atoms with Gasteiger partial charge >= 0.3 is 0 Å². The summed E-state index contributed by atoms with van der Waals surface area (Å²) in [6, 6.07) is 0. The lowest BCUT2D eigenvalue weighted by molar-refractivity contribution is -0.113. The van der Waals surface area contributed by atoms with Crippen molar-refractivity contribution in [2.45, 2.75) is 33.6 Å². The summed E-state index contributed by atoms with van der Waals surface area (Å²) in [6.07, 6.45) is 2.90. The van der Waals surface area contributed by atoms with Crippen molar-refractivity contribution >= 4 is 6.29 Å². The highest BCUT2D eigenvalue weighted by Gasteiger charge is 2.20. The Labute approximate surface area is 68.8 Å². The van der Waals surface area contributed by atoms with Gasteiger partial charge in [0.1, 0.15) is 6.29 Å². The topological polar surface area (TPSA) is 17.1 Å². The van der Waals surface area contributed by atoms with E-state index >= 15 is 0 Å². The molecular weight excluding hydrogens is 136 g/mol. The first-order chi connectivity index (χ1) is 5.08. The van der Waals surface area contributed by atoms with E-state index in [9.17, 15) is 4.79 Å². The van der Waals surface area contributed by atoms with Gasteiger partial charge in [-0.3, -0.25) is 0 Å². The van der Waals surface area contributed by atoms with E-state index in [1.165, 1.54) is 0 Å². The Morgan fingerprint density at radius 2 is 2.18 bits per heavy atom. The summed E-state index contributed by atoms with van der Waals surface area (Å²) in [5.74, 6) is 0. The summed E-state index contributed by atoms with van der Waals surface area (Å²) in [5, 5.41) is 0. The zero-order chi connectivity index (χ0) is 8.91. The molecule has 0 bridgehead atoms. The van der Waals surface area contributed by atoms with E-state index in [-0.39, 0.29) is 5.41 Å². The van der Waals surface area contributed by atoms with Crippen molar-refractivity contribution < 1.29 is 4.79 Å². The van der Waals surface area contributed by atoms with Crippen molar-refractivity contribution in [1.29, 1.82) is 0 Å². The molecule has 0 saturated carbocycles. The third kappa shape index (κ3) is 2.73. The van der Waals surface area contributed by atoms with E-state index in [1.54, 1.807) is 0 Å². The molecule has 0 N–H and O–H groups in total. The lowest BCUT2D eigenvalue weighted by atomic mass is 9.84. The van der Waals surface area contributed by atoms with Crippen LogP contribution >= 0.6 is 0 Å². The smallest absolute Gasteiger partial charge is 0.130 e. The molecular formula is C10H16O. The highest BCUT2D eigenvalue weighted by Crippen LogP contribution is 2.25. The molecule has 0 aromatic rings. The Kier molecular flexibility index (Phi) is 3.84. The molecule has 62 valence electrons. The molecule has 0 saturated heterocycles. The second kappa shape index (κ2) is 4.15. The van der Waals surface area contributed by atoms with Crippen LogP contribution in [-0.2, 0) is 4.79 Å². The van der Waals surface area contributed by atoms with Crippen LogP contribution in [0.3, 0.4) is 0 Å². The lowest BCUT2D eigenvalue weighted by Crippen LogP contribution is -2.15. The Bertz CT molecular complexity index is 183. The number of carbonyl (C=O) groups is 1. The highest BCUT2D eigenvalue weighted by molar-refractivity contribution is 5.63. The van der Waals surface area contributed by atoms with Crippen molar-refractivity contribution in [3.05, 3.63) is 17.9 Å². The van der Waals surface area contributed by atoms with E-state index in [2.05, 4.69) is 19.2 Å². The normalized spacial score (nSPS) is 10.5. The maximum Gasteiger partial charge on any atom is 0.130 e. The van der Waals surface area contributed by atoms with Crippen molar-refractivity contribution in [2.75, 3.05) is 0 Å². The van der Waals surface area contributed by atoms with Crippen LogP contribution in [0.5, 0.6) is 0 Å². The fraction of sp³-hybridized carbons (Fsp3) is 0.600. The van der Waals surface area contributed by atoms with E-state index in [1.807, 2.05) is 13.8 Å². The predicted molar refractivity (Wildman–Crippen MR) is 47.4 cm³/mol. The second-order valence-corrected chi connectivity index (χ2v) is 3.24. The predicted octanol–water partition coefficient (Wildman–Crippen LogP) is 2.72. The van der Waals surface area contributed by atoms with Crippen LogP contribution in [0.25, 0.3) is 0 Å². The summed E-state index contributed by atoms with van der Waals surface area (Å²) in [4.78, 5) is 10.6. The highest BCUT2D eigenvalue weighted by atomic mass is 16.1. The molecule has 0 amide bonds. The van der Waals surface area contributed by atoms with Crippen molar-refractivity contribution in [3.8, 4) is 0 Å². The fourth-order valence-corrected chi connectivity index (χ4v) is 0.959. The van der Waals surface area contributed by atoms with E-state index in [0.29, 0.717) is 0 Å². The minimum Gasteiger partial charge on any atom is -0.302 e. The van der Waals surface area contributed by atoms with E-state index in [0.717, 1.165) is 24.7 Å². The van der Waals surface area contributed by atoms with Crippen LogP contribution in [0.1, 0.15) is 33.6 Å². The van der Waals surface area contributed by atoms with Crippen LogP contribution in [0.15, 0.2) is 17.9 Å². The summed E-state index contributed by atoms with van der Waals surface area (Å²) in [6.45, 7) is 9.44. The molecule has 0 aromatic heterocycles. The van der Waals surface area contributed by atoms with E-state index < -0.39 is 0 Å². The van der Waals surface area contributed by atoms with Gasteiger partial charge in [-0.15, -0.1) is 5.73 Å². The maximum atomic E-state index is 10.6. The maximum absolute atomic E-state index is 10.6. The minimum atomic E-state index is -0.377. The Morgan fingerprint density at radius 3 is 2.45 bits per heavy atom. The van der Waals surface area contributed by atoms with Crippen molar-refractivity contribution in [1.82, 2.24) is 0 Å². The average Bonchev–Trinajstić information content (AvgIpc) is 2.00. The zero-order valence-corrected chi connectivity index (χ0v) is 7.61. The Balaban J connectivity index is 4.51. The number of hydrogen-bond acceptors (Lipinski definition) is 1. The number of rotatable bonds is 4. The fourth-order valence-electron chi connectivity index (χ4n) is 0.959. The van der Waals surface area contributed by atoms with Gasteiger partial charge in [-0.25, -0.2) is 0 Å². The van der Waals surface area contributed by atoms with Crippen LogP contribution in [0, 0.1) is 5.41 Å². The first-order valence-corrected chi connectivity index (χ1v) is 3.94. The van der Waals surface area contributed by atoms with E-state index in [4.69, 9.17) is 0 Å². The SMILES string of the molecule is C=C=C(CCC)C(C)(C)C=O. The Hall–Kier alpha value is -0.810. The summed E-state index contributed by atoms with van der Waals surface area (Å²) < 4.78 is 0. The molecule has 0 spiro atoms. The second-order valence-electron chi connectivity index (χ2n) is 3.24. The molecule has 0 aliphatic heterocycles. The summed E-state index contributed by atoms with van der Waals surface area (Å²) >= 11 is 0. The minimum absolute atomic E-state index is 0.377. The van der Waals surface area contributed by atoms with Crippen molar-refractivity contribution in [2.24, 2.45) is 5.41 Å². The third-order valence-electron chi connectivity index (χ3n) is 1.79. The van der Waals surface area contributed by atoms with Crippen LogP contribution in [0.4, 0.5) is 0 Å². The van der Waals surface area contributed by atoms with Gasteiger partial charge in [0, 0.05) is 5.41 Å². The molecule has 11 heavy (non-hydrogen) atoms. The number of aldehydes is 1. The van der Waals surface area contributed by atoms with Gasteiger partial charge in [0.25, 0.3) is 0 Å². The Morgan fingerprint density at radius 1 is 1.64 bits per heavy atom. The molecule has 0 radical (unpaired) electrons. The van der Waals surface area contributed by atoms with Crippen LogP contribution < -0.4 is 0 Å². The molecule has 0 fully saturated rings. The largest absolute Gasteiger partial charge is 0.302 e. The summed E-state index contributed by atoms with van der Waals surface area (Å²) in [5.41, 5.74) is 3.46. The lowest BCUT2D eigenvalue weighted by Gasteiger charge is -2.18. The summed E-state index contributed by atoms with van der Waals surface area (Å²) in [7, 11) is 0. The molecule has 1 nitrogen and oxygen atoms in total. The molecule has 0 rings (SSSR count). The number of hydrogen-bond donors (Lipinski definition) is 0. The molecule has 0 aliphatic carbocycles. The van der Waals surface area contributed by atoms with Crippen molar-refractivity contribution in [3.63, 3.8) is 0 Å². The monoisotopic (exact) mass is 152 g/mol. The number of allylic oxidation sites excluding steroid dienone is 1. The van der Waals surface area contributed by atoms with Crippen LogP contribution in [-0.4, -0.2) is 6.29 Å². The third-order valence-corrected chi connectivity index (χ3v) is 1.79. The molecule has 0 aromatic carbocycles. The zero-order valence-electron chi connectivity index (χ0n) is 7.61. The standard InChI is InChI=1S/C10H16O/c1-5-7-9(6-2)10(3,4)8-11/h8H,2,5,7H2,1,3-4H3. The number of carbonyl (C=O) groups excluding carboxylic acids is 1. The van der Waals surface area contributed by atoms with Gasteiger partial charge in [-0.05, 0) is 25.8 Å². The molecule has 1 heteroatoms. The molecule has 0 atom stereocenters. The van der Waals surface area contributed by atoms with Gasteiger partial charge in [0.05, 0.1) is 0 Å². The van der Waals surface area contributed by atoms with Gasteiger partial charge < -0.3 is 4.79 Å². The first kappa shape index (κ1) is 10.2. The van der Waals surface area contributed by atoms with Gasteiger partial charge in [-0.2, -0.15) is 0 Å². The van der Waals surface area contributed by atoms with Gasteiger partial charge in [0.15, 0.2) is 0 Å². The van der Waals surface area contributed by atoms with Crippen LogP contribution in [0.2, 0.25) is 0 Å². The molecule has 0 heterocycles. The molecule has 0 aliphatic rings. The quantitative estimate of drug-likeness (QED) is 0.447. The first-order valence-electron chi connectivity index (χ1n) is 3.94. The molecule has 0 unspecified atom stereocenters. The van der Waals surface area contributed by atoms with Gasteiger partial charge in [-0.1, -0.05) is 19.9 Å². The average molecular weight is 152 g/mol.